The fraction of sp³-hybridized carbons (Fsp3) is 0.500. The Balaban J connectivity index is 1.40. The SMILES string of the molecule is CN(C)c1cncc(-c2ccc(N3C[C@]4(CN5CCC4CC5)OC3=O)s2)c1. The van der Waals surface area contributed by atoms with Gasteiger partial charge in [0.05, 0.1) is 18.4 Å². The highest BCUT2D eigenvalue weighted by Crippen LogP contribution is 2.45. The summed E-state index contributed by atoms with van der Waals surface area (Å²) in [7, 11) is 4.02. The molecule has 2 bridgehead atoms. The first-order valence-electron chi connectivity index (χ1n) is 9.49. The van der Waals surface area contributed by atoms with Crippen molar-refractivity contribution in [3.05, 3.63) is 30.6 Å². The number of pyridine rings is 1. The van der Waals surface area contributed by atoms with E-state index in [2.05, 4.69) is 22.0 Å². The number of fused-ring (bicyclic) bond motifs is 2. The van der Waals surface area contributed by atoms with Crippen LogP contribution < -0.4 is 9.80 Å². The van der Waals surface area contributed by atoms with E-state index in [0.29, 0.717) is 12.5 Å². The summed E-state index contributed by atoms with van der Waals surface area (Å²) in [5.74, 6) is 0.497. The molecule has 0 unspecified atom stereocenters. The number of nitrogens with zero attached hydrogens (tertiary/aromatic N) is 4. The molecule has 0 N–H and O–H groups in total. The second-order valence-electron chi connectivity index (χ2n) is 8.03. The number of hydrogen-bond acceptors (Lipinski definition) is 6. The van der Waals surface area contributed by atoms with E-state index in [1.807, 2.05) is 42.4 Å². The first-order chi connectivity index (χ1) is 13.0. The van der Waals surface area contributed by atoms with Crippen LogP contribution in [0.1, 0.15) is 12.8 Å². The molecule has 6 rings (SSSR count). The Bertz CT molecular complexity index is 874. The molecule has 2 aromatic heterocycles. The van der Waals surface area contributed by atoms with Gasteiger partial charge in [-0.25, -0.2) is 4.79 Å². The minimum absolute atomic E-state index is 0.197. The predicted octanol–water partition coefficient (Wildman–Crippen LogP) is 3.30. The Hall–Kier alpha value is -2.12. The van der Waals surface area contributed by atoms with Crippen molar-refractivity contribution in [1.82, 2.24) is 9.88 Å². The largest absolute Gasteiger partial charge is 0.439 e. The number of anilines is 2. The van der Waals surface area contributed by atoms with Gasteiger partial charge in [-0.1, -0.05) is 0 Å². The predicted molar refractivity (Wildman–Crippen MR) is 108 cm³/mol. The van der Waals surface area contributed by atoms with E-state index in [4.69, 9.17) is 4.74 Å². The molecular weight excluding hydrogens is 360 g/mol. The summed E-state index contributed by atoms with van der Waals surface area (Å²) >= 11 is 1.63. The first-order valence-corrected chi connectivity index (χ1v) is 10.3. The maximum atomic E-state index is 12.7. The zero-order chi connectivity index (χ0) is 18.6. The fourth-order valence-corrected chi connectivity index (χ4v) is 5.59. The summed E-state index contributed by atoms with van der Waals surface area (Å²) in [6, 6.07) is 6.23. The number of carbonyl (C=O) groups is 1. The molecule has 0 radical (unpaired) electrons. The summed E-state index contributed by atoms with van der Waals surface area (Å²) < 4.78 is 5.99. The minimum Gasteiger partial charge on any atom is -0.439 e. The lowest BCUT2D eigenvalue weighted by Gasteiger charge is -2.49. The number of ether oxygens (including phenoxy) is 1. The minimum atomic E-state index is -0.315. The van der Waals surface area contributed by atoms with Crippen molar-refractivity contribution in [2.45, 2.75) is 18.4 Å². The lowest BCUT2D eigenvalue weighted by Crippen LogP contribution is -2.61. The zero-order valence-electron chi connectivity index (χ0n) is 15.7. The Kier molecular flexibility index (Phi) is 3.91. The van der Waals surface area contributed by atoms with E-state index < -0.39 is 0 Å². The van der Waals surface area contributed by atoms with Crippen LogP contribution in [0.5, 0.6) is 0 Å². The molecule has 4 aliphatic rings. The van der Waals surface area contributed by atoms with Gasteiger partial charge in [-0.3, -0.25) is 14.8 Å². The van der Waals surface area contributed by atoms with Crippen molar-refractivity contribution < 1.29 is 9.53 Å². The third kappa shape index (κ3) is 2.80. The lowest BCUT2D eigenvalue weighted by atomic mass is 9.75. The molecule has 6 heterocycles. The van der Waals surface area contributed by atoms with Crippen LogP contribution in [0.2, 0.25) is 0 Å². The summed E-state index contributed by atoms with van der Waals surface area (Å²) in [5, 5.41) is 0.957. The Morgan fingerprint density at radius 3 is 2.74 bits per heavy atom. The highest BCUT2D eigenvalue weighted by Gasteiger charge is 2.55. The van der Waals surface area contributed by atoms with Crippen LogP contribution in [0.3, 0.4) is 0 Å². The van der Waals surface area contributed by atoms with Crippen molar-refractivity contribution >= 4 is 28.1 Å². The second kappa shape index (κ2) is 6.21. The smallest absolute Gasteiger partial charge is 0.415 e. The number of carbonyl (C=O) groups excluding carboxylic acids is 1. The topological polar surface area (TPSA) is 48.9 Å². The first kappa shape index (κ1) is 17.0. The summed E-state index contributed by atoms with van der Waals surface area (Å²) in [6.45, 7) is 3.83. The van der Waals surface area contributed by atoms with E-state index in [9.17, 15) is 4.79 Å². The Morgan fingerprint density at radius 1 is 1.22 bits per heavy atom. The van der Waals surface area contributed by atoms with Crippen LogP contribution in [0.15, 0.2) is 30.6 Å². The molecule has 2 aromatic rings. The molecule has 1 atom stereocenters. The van der Waals surface area contributed by atoms with E-state index in [1.54, 1.807) is 11.3 Å². The van der Waals surface area contributed by atoms with Crippen molar-refractivity contribution in [2.75, 3.05) is 50.1 Å². The molecule has 0 aromatic carbocycles. The van der Waals surface area contributed by atoms with Gasteiger partial charge in [-0.15, -0.1) is 11.3 Å². The molecule has 4 saturated heterocycles. The van der Waals surface area contributed by atoms with Crippen LogP contribution in [0.4, 0.5) is 15.5 Å². The zero-order valence-corrected chi connectivity index (χ0v) is 16.5. The van der Waals surface area contributed by atoms with Gasteiger partial charge in [-0.05, 0) is 44.1 Å². The number of piperidine rings is 3. The summed E-state index contributed by atoms with van der Waals surface area (Å²) in [4.78, 5) is 24.5. The normalized spacial score (nSPS) is 29.4. The third-order valence-corrected chi connectivity index (χ3v) is 7.30. The summed E-state index contributed by atoms with van der Waals surface area (Å²) in [5.41, 5.74) is 1.82. The molecule has 6 nitrogen and oxygen atoms in total. The van der Waals surface area contributed by atoms with Gasteiger partial charge in [0.15, 0.2) is 0 Å². The molecule has 4 aliphatic heterocycles. The van der Waals surface area contributed by atoms with Crippen molar-refractivity contribution in [2.24, 2.45) is 5.92 Å². The molecule has 7 heteroatoms. The highest BCUT2D eigenvalue weighted by molar-refractivity contribution is 7.19. The number of amides is 1. The average Bonchev–Trinajstić information content (AvgIpc) is 3.28. The van der Waals surface area contributed by atoms with Crippen LogP contribution in [-0.2, 0) is 4.74 Å². The molecule has 1 amide bonds. The Morgan fingerprint density at radius 2 is 2.04 bits per heavy atom. The van der Waals surface area contributed by atoms with Gasteiger partial charge in [0, 0.05) is 43.2 Å². The van der Waals surface area contributed by atoms with Crippen LogP contribution in [-0.4, -0.2) is 61.9 Å². The van der Waals surface area contributed by atoms with Gasteiger partial charge < -0.3 is 9.64 Å². The maximum absolute atomic E-state index is 12.7. The third-order valence-electron chi connectivity index (χ3n) is 6.14. The summed E-state index contributed by atoms with van der Waals surface area (Å²) in [6.07, 6.45) is 5.81. The van der Waals surface area contributed by atoms with Gasteiger partial charge >= 0.3 is 6.09 Å². The Labute approximate surface area is 163 Å². The highest BCUT2D eigenvalue weighted by atomic mass is 32.1. The maximum Gasteiger partial charge on any atom is 0.415 e. The molecule has 27 heavy (non-hydrogen) atoms. The van der Waals surface area contributed by atoms with Crippen LogP contribution in [0, 0.1) is 5.92 Å². The number of thiophene rings is 1. The number of hydrogen-bond donors (Lipinski definition) is 0. The number of aromatic nitrogens is 1. The van der Waals surface area contributed by atoms with Crippen molar-refractivity contribution in [3.63, 3.8) is 0 Å². The standard InChI is InChI=1S/C20H24N4O2S/c1-22(2)16-9-14(10-21-11-16)17-3-4-18(27-17)24-13-20(26-19(24)25)12-23-7-5-15(20)6-8-23/h3-4,9-11,15H,5-8,12-13H2,1-2H3/t20-/m0/s1. The van der Waals surface area contributed by atoms with Gasteiger partial charge in [-0.2, -0.15) is 0 Å². The molecular formula is C20H24N4O2S. The van der Waals surface area contributed by atoms with Gasteiger partial charge in [0.25, 0.3) is 0 Å². The van der Waals surface area contributed by atoms with E-state index in [0.717, 1.165) is 53.6 Å². The van der Waals surface area contributed by atoms with Gasteiger partial charge in [0.1, 0.15) is 10.6 Å². The van der Waals surface area contributed by atoms with Crippen molar-refractivity contribution in [3.8, 4) is 10.4 Å². The molecule has 4 fully saturated rings. The van der Waals surface area contributed by atoms with Crippen LogP contribution >= 0.6 is 11.3 Å². The second-order valence-corrected chi connectivity index (χ2v) is 9.10. The molecule has 0 saturated carbocycles. The monoisotopic (exact) mass is 384 g/mol. The van der Waals surface area contributed by atoms with E-state index >= 15 is 0 Å². The molecule has 1 spiro atoms. The quantitative estimate of drug-likeness (QED) is 0.813. The molecule has 142 valence electrons. The van der Waals surface area contributed by atoms with Gasteiger partial charge in [0.2, 0.25) is 0 Å². The average molecular weight is 385 g/mol. The van der Waals surface area contributed by atoms with Crippen LogP contribution in [0.25, 0.3) is 10.4 Å². The van der Waals surface area contributed by atoms with E-state index in [1.165, 1.54) is 0 Å². The molecule has 0 aliphatic carbocycles. The number of rotatable bonds is 3. The lowest BCUT2D eigenvalue weighted by molar-refractivity contribution is -0.0881. The fourth-order valence-electron chi connectivity index (χ4n) is 4.62. The van der Waals surface area contributed by atoms with Crippen molar-refractivity contribution in [1.29, 1.82) is 0 Å². The van der Waals surface area contributed by atoms with E-state index in [-0.39, 0.29) is 11.7 Å².